The summed E-state index contributed by atoms with van der Waals surface area (Å²) in [7, 11) is 0. The topological polar surface area (TPSA) is 18.5 Å². The summed E-state index contributed by atoms with van der Waals surface area (Å²) < 4.78 is 15.9. The molecular formula is C22H18Cl2O2Zr. The molecule has 0 unspecified atom stereocenters. The van der Waals surface area contributed by atoms with Crippen molar-refractivity contribution in [1.82, 2.24) is 0 Å². The molecule has 2 aliphatic rings. The fourth-order valence-electron chi connectivity index (χ4n) is 3.24. The Balaban J connectivity index is 1.84. The second-order valence-corrected chi connectivity index (χ2v) is 14.3. The molecule has 0 radical (unpaired) electrons. The van der Waals surface area contributed by atoms with Crippen LogP contribution in [0.15, 0.2) is 91.5 Å². The summed E-state index contributed by atoms with van der Waals surface area (Å²) in [4.78, 5) is 0. The van der Waals surface area contributed by atoms with Gasteiger partial charge in [0.25, 0.3) is 0 Å². The maximum absolute atomic E-state index is 6.74. The summed E-state index contributed by atoms with van der Waals surface area (Å²) in [6, 6.07) is 15.1. The molecule has 136 valence electrons. The number of hydrogen-bond donors (Lipinski definition) is 0. The fourth-order valence-corrected chi connectivity index (χ4v) is 12.2. The van der Waals surface area contributed by atoms with Crippen LogP contribution in [0.2, 0.25) is 10.0 Å². The number of rotatable bonds is 6. The molecule has 0 aromatic heterocycles. The fraction of sp³-hybridized carbons (Fsp3) is 0.0909. The molecule has 0 heterocycles. The standard InChI is InChI=1S/2C6H5ClO.2C5H5.Zr/c2*7-5-3-1-2-4-6(5)8;2*1-2-4-5-3-1;/h2*1-4,8H;2*1-3H,4H2;/q;;;;+2/p-2. The molecule has 0 bridgehead atoms. The summed E-state index contributed by atoms with van der Waals surface area (Å²) >= 11 is 8.84. The van der Waals surface area contributed by atoms with E-state index in [0.717, 1.165) is 12.8 Å². The van der Waals surface area contributed by atoms with E-state index in [1.165, 1.54) is 6.56 Å². The van der Waals surface area contributed by atoms with Crippen LogP contribution in [-0.4, -0.2) is 0 Å². The molecule has 27 heavy (non-hydrogen) atoms. The molecule has 0 N–H and O–H groups in total. The molecule has 0 amide bonds. The molecule has 2 aromatic carbocycles. The Labute approximate surface area is 175 Å². The van der Waals surface area contributed by atoms with Gasteiger partial charge >= 0.3 is 176 Å². The second kappa shape index (κ2) is 8.23. The number of hydrogen-bond acceptors (Lipinski definition) is 2. The average Bonchev–Trinajstić information content (AvgIpc) is 3.39. The zero-order valence-electron chi connectivity index (χ0n) is 14.6. The molecule has 0 saturated heterocycles. The molecule has 2 aliphatic carbocycles. The van der Waals surface area contributed by atoms with Crippen molar-refractivity contribution in [1.29, 1.82) is 0 Å². The first-order chi connectivity index (χ1) is 13.2. The zero-order chi connectivity index (χ0) is 18.7. The number of para-hydroxylation sites is 2. The molecule has 0 saturated carbocycles. The third-order valence-electron chi connectivity index (χ3n) is 4.57. The molecule has 0 aliphatic heterocycles. The van der Waals surface area contributed by atoms with Gasteiger partial charge in [-0.1, -0.05) is 0 Å². The van der Waals surface area contributed by atoms with Gasteiger partial charge in [0.2, 0.25) is 0 Å². The first-order valence-electron chi connectivity index (χ1n) is 8.78. The van der Waals surface area contributed by atoms with Gasteiger partial charge in [0.15, 0.2) is 0 Å². The van der Waals surface area contributed by atoms with Gasteiger partial charge in [0.05, 0.1) is 0 Å². The van der Waals surface area contributed by atoms with Crippen LogP contribution in [-0.2, 0) is 21.1 Å². The predicted octanol–water partition coefficient (Wildman–Crippen LogP) is 7.12. The molecule has 0 spiro atoms. The summed E-state index contributed by atoms with van der Waals surface area (Å²) in [5, 5.41) is 1.17. The van der Waals surface area contributed by atoms with Gasteiger partial charge in [0, 0.05) is 0 Å². The number of allylic oxidation sites excluding steroid dienone is 8. The molecule has 0 atom stereocenters. The van der Waals surface area contributed by atoms with Gasteiger partial charge < -0.3 is 0 Å². The minimum atomic E-state index is -4.03. The maximum atomic E-state index is 6.74. The Morgan fingerprint density at radius 3 is 1.48 bits per heavy atom. The normalized spacial score (nSPS) is 15.6. The Bertz CT molecular complexity index is 896. The van der Waals surface area contributed by atoms with E-state index in [1.807, 2.05) is 48.5 Å². The molecule has 5 heteroatoms. The summed E-state index contributed by atoms with van der Waals surface area (Å²) in [5.41, 5.74) is 0. The Kier molecular flexibility index (Phi) is 5.73. The van der Waals surface area contributed by atoms with Crippen molar-refractivity contribution in [3.8, 4) is 11.5 Å². The molecule has 2 nitrogen and oxygen atoms in total. The molecular weight excluding hydrogens is 458 g/mol. The van der Waals surface area contributed by atoms with Crippen LogP contribution in [0.5, 0.6) is 11.5 Å². The Morgan fingerprint density at radius 2 is 1.11 bits per heavy atom. The van der Waals surface area contributed by atoms with E-state index in [4.69, 9.17) is 28.8 Å². The van der Waals surface area contributed by atoms with E-state index in [-0.39, 0.29) is 0 Å². The van der Waals surface area contributed by atoms with Crippen molar-refractivity contribution >= 4 is 23.2 Å². The SMILES string of the molecule is Clc1ccccc1[O][Zr]([O]c1ccccc1Cl)([C]1=CC=CC1)[C]1=CC=CC1. The Morgan fingerprint density at radius 1 is 0.667 bits per heavy atom. The molecule has 2 aromatic rings. The van der Waals surface area contributed by atoms with Crippen molar-refractivity contribution < 1.29 is 26.8 Å². The zero-order valence-corrected chi connectivity index (χ0v) is 18.5. The average molecular weight is 477 g/mol. The number of benzene rings is 2. The predicted molar refractivity (Wildman–Crippen MR) is 108 cm³/mol. The third kappa shape index (κ3) is 3.87. The van der Waals surface area contributed by atoms with Crippen LogP contribution in [0.1, 0.15) is 12.8 Å². The molecule has 4 rings (SSSR count). The van der Waals surface area contributed by atoms with Gasteiger partial charge in [-0.05, 0) is 0 Å². The quantitative estimate of drug-likeness (QED) is 0.442. The number of halogens is 2. The molecule has 0 fully saturated rings. The summed E-state index contributed by atoms with van der Waals surface area (Å²) in [6.07, 6.45) is 14.3. The summed E-state index contributed by atoms with van der Waals surface area (Å²) in [5.74, 6) is 1.31. The van der Waals surface area contributed by atoms with Crippen molar-refractivity contribution in [2.45, 2.75) is 12.8 Å². The first-order valence-corrected chi connectivity index (χ1v) is 14.0. The van der Waals surface area contributed by atoms with Crippen molar-refractivity contribution in [2.75, 3.05) is 0 Å². The second-order valence-electron chi connectivity index (χ2n) is 6.33. The van der Waals surface area contributed by atoms with Crippen LogP contribution < -0.4 is 5.63 Å². The van der Waals surface area contributed by atoms with Gasteiger partial charge in [-0.3, -0.25) is 0 Å². The van der Waals surface area contributed by atoms with E-state index in [9.17, 15) is 0 Å². The summed E-state index contributed by atoms with van der Waals surface area (Å²) in [6.45, 7) is 0. The van der Waals surface area contributed by atoms with Crippen molar-refractivity contribution in [3.05, 3.63) is 102 Å². The van der Waals surface area contributed by atoms with Crippen molar-refractivity contribution in [3.63, 3.8) is 0 Å². The van der Waals surface area contributed by atoms with E-state index in [2.05, 4.69) is 36.5 Å². The van der Waals surface area contributed by atoms with Gasteiger partial charge in [-0.25, -0.2) is 0 Å². The third-order valence-corrected chi connectivity index (χ3v) is 13.7. The van der Waals surface area contributed by atoms with Crippen LogP contribution in [0.4, 0.5) is 0 Å². The van der Waals surface area contributed by atoms with Crippen LogP contribution in [0.3, 0.4) is 0 Å². The van der Waals surface area contributed by atoms with Gasteiger partial charge in [0.1, 0.15) is 0 Å². The first kappa shape index (κ1) is 18.8. The van der Waals surface area contributed by atoms with E-state index in [1.54, 1.807) is 0 Å². The van der Waals surface area contributed by atoms with Gasteiger partial charge in [-0.2, -0.15) is 0 Å². The van der Waals surface area contributed by atoms with E-state index in [0.29, 0.717) is 21.5 Å². The monoisotopic (exact) mass is 474 g/mol. The van der Waals surface area contributed by atoms with Crippen LogP contribution in [0.25, 0.3) is 0 Å². The van der Waals surface area contributed by atoms with Crippen molar-refractivity contribution in [2.24, 2.45) is 0 Å². The minimum absolute atomic E-state index is 0.583. The van der Waals surface area contributed by atoms with Gasteiger partial charge in [-0.15, -0.1) is 0 Å². The Hall–Kier alpha value is -1.54. The van der Waals surface area contributed by atoms with Crippen LogP contribution in [0, 0.1) is 0 Å². The van der Waals surface area contributed by atoms with E-state index < -0.39 is 21.1 Å². The van der Waals surface area contributed by atoms with E-state index >= 15 is 0 Å². The van der Waals surface area contributed by atoms with Crippen LogP contribution >= 0.6 is 23.2 Å².